The average molecular weight is 220 g/mol. The molecule has 1 atom stereocenters. The van der Waals surface area contributed by atoms with E-state index in [2.05, 4.69) is 0 Å². The van der Waals surface area contributed by atoms with E-state index in [0.717, 1.165) is 5.56 Å². The molecule has 0 spiro atoms. The molecule has 0 unspecified atom stereocenters. The summed E-state index contributed by atoms with van der Waals surface area (Å²) < 4.78 is 0. The molecule has 0 aliphatic rings. The lowest BCUT2D eigenvalue weighted by atomic mass is 9.93. The van der Waals surface area contributed by atoms with Gasteiger partial charge in [-0.2, -0.15) is 5.26 Å². The minimum Gasteiger partial charge on any atom is -0.392 e. The van der Waals surface area contributed by atoms with Gasteiger partial charge in [-0.05, 0) is 23.6 Å². The molecule has 0 saturated carbocycles. The molecule has 16 heavy (non-hydrogen) atoms. The van der Waals surface area contributed by atoms with Crippen LogP contribution in [0.25, 0.3) is 0 Å². The standard InChI is InChI=1S/C12H16N2O2/c1-12(14,8-13)5-9-2-3-10(6-15)11(4-9)7-16/h2-4,15-16H,5-7,14H2,1H3/t12-/m1/s1. The van der Waals surface area contributed by atoms with Crippen molar-refractivity contribution in [3.63, 3.8) is 0 Å². The molecule has 1 rings (SSSR count). The van der Waals surface area contributed by atoms with Crippen molar-refractivity contribution in [1.29, 1.82) is 5.26 Å². The molecule has 0 aromatic heterocycles. The highest BCUT2D eigenvalue weighted by molar-refractivity contribution is 5.33. The van der Waals surface area contributed by atoms with E-state index >= 15 is 0 Å². The third-order valence-corrected chi connectivity index (χ3v) is 2.44. The maximum Gasteiger partial charge on any atom is 0.105 e. The highest BCUT2D eigenvalue weighted by Crippen LogP contribution is 2.16. The molecule has 0 fully saturated rings. The molecular weight excluding hydrogens is 204 g/mol. The van der Waals surface area contributed by atoms with Crippen molar-refractivity contribution in [3.8, 4) is 6.07 Å². The fraction of sp³-hybridized carbons (Fsp3) is 0.417. The number of hydrogen-bond donors (Lipinski definition) is 3. The van der Waals surface area contributed by atoms with E-state index in [4.69, 9.17) is 21.2 Å². The maximum absolute atomic E-state index is 9.12. The third kappa shape index (κ3) is 3.04. The van der Waals surface area contributed by atoms with E-state index in [1.807, 2.05) is 12.1 Å². The van der Waals surface area contributed by atoms with Gasteiger partial charge in [0.05, 0.1) is 19.3 Å². The van der Waals surface area contributed by atoms with Crippen molar-refractivity contribution >= 4 is 0 Å². The largest absolute Gasteiger partial charge is 0.392 e. The second kappa shape index (κ2) is 5.08. The van der Waals surface area contributed by atoms with Gasteiger partial charge in [0.1, 0.15) is 5.54 Å². The number of aliphatic hydroxyl groups is 2. The fourth-order valence-electron chi connectivity index (χ4n) is 1.55. The summed E-state index contributed by atoms with van der Waals surface area (Å²) in [7, 11) is 0. The van der Waals surface area contributed by atoms with Gasteiger partial charge < -0.3 is 15.9 Å². The van der Waals surface area contributed by atoms with Crippen LogP contribution in [0.3, 0.4) is 0 Å². The molecule has 4 heteroatoms. The van der Waals surface area contributed by atoms with Gasteiger partial charge in [0.2, 0.25) is 0 Å². The molecule has 4 nitrogen and oxygen atoms in total. The zero-order valence-electron chi connectivity index (χ0n) is 9.27. The van der Waals surface area contributed by atoms with Crippen molar-refractivity contribution in [2.45, 2.75) is 32.1 Å². The average Bonchev–Trinajstić information content (AvgIpc) is 2.28. The smallest absolute Gasteiger partial charge is 0.105 e. The van der Waals surface area contributed by atoms with E-state index in [1.165, 1.54) is 0 Å². The first-order valence-corrected chi connectivity index (χ1v) is 5.05. The quantitative estimate of drug-likeness (QED) is 0.687. The van der Waals surface area contributed by atoms with Crippen molar-refractivity contribution in [1.82, 2.24) is 0 Å². The van der Waals surface area contributed by atoms with Crippen LogP contribution in [0.1, 0.15) is 23.6 Å². The number of rotatable bonds is 4. The predicted molar refractivity (Wildman–Crippen MR) is 60.2 cm³/mol. The highest BCUT2D eigenvalue weighted by atomic mass is 16.3. The Labute approximate surface area is 94.9 Å². The van der Waals surface area contributed by atoms with Crippen LogP contribution in [-0.4, -0.2) is 15.8 Å². The first kappa shape index (κ1) is 12.7. The summed E-state index contributed by atoms with van der Waals surface area (Å²) in [5.41, 5.74) is 7.08. The van der Waals surface area contributed by atoms with E-state index in [1.54, 1.807) is 19.1 Å². The monoisotopic (exact) mass is 220 g/mol. The summed E-state index contributed by atoms with van der Waals surface area (Å²) in [5.74, 6) is 0. The molecule has 0 amide bonds. The Morgan fingerprint density at radius 3 is 2.44 bits per heavy atom. The molecule has 0 aliphatic carbocycles. The Hall–Kier alpha value is -1.41. The third-order valence-electron chi connectivity index (χ3n) is 2.44. The van der Waals surface area contributed by atoms with Gasteiger partial charge >= 0.3 is 0 Å². The number of nitrogens with zero attached hydrogens (tertiary/aromatic N) is 1. The Balaban J connectivity index is 2.97. The van der Waals surface area contributed by atoms with Crippen LogP contribution in [0.5, 0.6) is 0 Å². The van der Waals surface area contributed by atoms with Crippen LogP contribution in [-0.2, 0) is 19.6 Å². The van der Waals surface area contributed by atoms with E-state index in [0.29, 0.717) is 17.5 Å². The fourth-order valence-corrected chi connectivity index (χ4v) is 1.55. The normalized spacial score (nSPS) is 14.2. The van der Waals surface area contributed by atoms with Crippen molar-refractivity contribution in [2.75, 3.05) is 0 Å². The molecule has 1 aromatic rings. The van der Waals surface area contributed by atoms with Crippen molar-refractivity contribution in [2.24, 2.45) is 5.73 Å². The summed E-state index contributed by atoms with van der Waals surface area (Å²) in [4.78, 5) is 0. The Morgan fingerprint density at radius 1 is 1.31 bits per heavy atom. The van der Waals surface area contributed by atoms with Crippen LogP contribution in [0.2, 0.25) is 0 Å². The van der Waals surface area contributed by atoms with Crippen LogP contribution in [0.15, 0.2) is 18.2 Å². The highest BCUT2D eigenvalue weighted by Gasteiger charge is 2.18. The van der Waals surface area contributed by atoms with E-state index < -0.39 is 5.54 Å². The molecule has 0 bridgehead atoms. The van der Waals surface area contributed by atoms with Crippen LogP contribution in [0.4, 0.5) is 0 Å². The summed E-state index contributed by atoms with van der Waals surface area (Å²) >= 11 is 0. The van der Waals surface area contributed by atoms with Gasteiger partial charge in [0.25, 0.3) is 0 Å². The van der Waals surface area contributed by atoms with Gasteiger partial charge in [0.15, 0.2) is 0 Å². The SMILES string of the molecule is C[C@](N)(C#N)Cc1ccc(CO)c(CO)c1. The molecule has 4 N–H and O–H groups in total. The van der Waals surface area contributed by atoms with Gasteiger partial charge in [-0.25, -0.2) is 0 Å². The number of hydrogen-bond acceptors (Lipinski definition) is 4. The lowest BCUT2D eigenvalue weighted by molar-refractivity contribution is 0.260. The minimum absolute atomic E-state index is 0.103. The van der Waals surface area contributed by atoms with Gasteiger partial charge in [0, 0.05) is 6.42 Å². The zero-order chi connectivity index (χ0) is 12.2. The van der Waals surface area contributed by atoms with Crippen molar-refractivity contribution in [3.05, 3.63) is 34.9 Å². The van der Waals surface area contributed by atoms with E-state index in [-0.39, 0.29) is 13.2 Å². The van der Waals surface area contributed by atoms with Gasteiger partial charge in [-0.3, -0.25) is 0 Å². The number of nitrogens with two attached hydrogens (primary N) is 1. The lowest BCUT2D eigenvalue weighted by Gasteiger charge is -2.16. The Bertz CT molecular complexity index is 408. The van der Waals surface area contributed by atoms with E-state index in [9.17, 15) is 0 Å². The molecule has 0 saturated heterocycles. The summed E-state index contributed by atoms with van der Waals surface area (Å²) in [6.45, 7) is 1.43. The Kier molecular flexibility index (Phi) is 4.02. The topological polar surface area (TPSA) is 90.3 Å². The first-order valence-electron chi connectivity index (χ1n) is 5.05. The summed E-state index contributed by atoms with van der Waals surface area (Å²) in [6.07, 6.45) is 0.419. The predicted octanol–water partition coefficient (Wildman–Crippen LogP) is 0.455. The Morgan fingerprint density at radius 2 is 1.94 bits per heavy atom. The minimum atomic E-state index is -0.909. The van der Waals surface area contributed by atoms with Gasteiger partial charge in [-0.15, -0.1) is 0 Å². The molecule has 0 radical (unpaired) electrons. The molecule has 0 heterocycles. The second-order valence-corrected chi connectivity index (χ2v) is 4.13. The van der Waals surface area contributed by atoms with Crippen LogP contribution in [0, 0.1) is 11.3 Å². The second-order valence-electron chi connectivity index (χ2n) is 4.13. The molecule has 1 aromatic carbocycles. The molecule has 0 aliphatic heterocycles. The van der Waals surface area contributed by atoms with Crippen molar-refractivity contribution < 1.29 is 10.2 Å². The number of aliphatic hydroxyl groups excluding tert-OH is 2. The lowest BCUT2D eigenvalue weighted by Crippen LogP contribution is -2.36. The zero-order valence-corrected chi connectivity index (χ0v) is 9.27. The number of nitriles is 1. The van der Waals surface area contributed by atoms with Crippen LogP contribution < -0.4 is 5.73 Å². The van der Waals surface area contributed by atoms with Crippen LogP contribution >= 0.6 is 0 Å². The maximum atomic E-state index is 9.12. The van der Waals surface area contributed by atoms with Gasteiger partial charge in [-0.1, -0.05) is 18.2 Å². The summed E-state index contributed by atoms with van der Waals surface area (Å²) in [5, 5.41) is 27.0. The molecule has 86 valence electrons. The first-order chi connectivity index (χ1) is 7.52. The molecular formula is C12H16N2O2. The number of benzene rings is 1. The summed E-state index contributed by atoms with van der Waals surface area (Å²) in [6, 6.07) is 7.35.